The maximum atomic E-state index is 9.76. The van der Waals surface area contributed by atoms with Gasteiger partial charge in [-0.05, 0) is 12.0 Å². The molecule has 1 heterocycles. The van der Waals surface area contributed by atoms with Crippen LogP contribution in [0.1, 0.15) is 17.9 Å². The second kappa shape index (κ2) is 3.90. The Bertz CT molecular complexity index is 260. The lowest BCUT2D eigenvalue weighted by Gasteiger charge is -2.27. The Kier molecular flexibility index (Phi) is 2.62. The predicted molar refractivity (Wildman–Crippen MR) is 51.7 cm³/mol. The smallest absolute Gasteiger partial charge is 0.0634 e. The van der Waals surface area contributed by atoms with Crippen LogP contribution < -0.4 is 5.32 Å². The Labute approximate surface area is 78.6 Å². The van der Waals surface area contributed by atoms with Crippen LogP contribution in [-0.2, 0) is 0 Å². The van der Waals surface area contributed by atoms with Gasteiger partial charge in [0, 0.05) is 19.0 Å². The lowest BCUT2D eigenvalue weighted by Crippen LogP contribution is -2.34. The minimum atomic E-state index is -0.208. The summed E-state index contributed by atoms with van der Waals surface area (Å²) in [6, 6.07) is 10.1. The van der Waals surface area contributed by atoms with E-state index in [1.807, 2.05) is 18.2 Å². The first kappa shape index (κ1) is 8.73. The van der Waals surface area contributed by atoms with E-state index >= 15 is 0 Å². The fourth-order valence-electron chi connectivity index (χ4n) is 1.80. The van der Waals surface area contributed by atoms with Crippen LogP contribution in [0.3, 0.4) is 0 Å². The zero-order valence-corrected chi connectivity index (χ0v) is 7.56. The summed E-state index contributed by atoms with van der Waals surface area (Å²) in [5.41, 5.74) is 1.21. The van der Waals surface area contributed by atoms with Crippen LogP contribution >= 0.6 is 0 Å². The van der Waals surface area contributed by atoms with Crippen molar-refractivity contribution in [3.05, 3.63) is 35.9 Å². The van der Waals surface area contributed by atoms with Crippen molar-refractivity contribution in [1.29, 1.82) is 0 Å². The highest BCUT2D eigenvalue weighted by molar-refractivity contribution is 5.21. The molecule has 2 rings (SSSR count). The Balaban J connectivity index is 2.15. The van der Waals surface area contributed by atoms with Gasteiger partial charge in [-0.3, -0.25) is 0 Å². The Hall–Kier alpha value is -0.860. The molecule has 2 heteroatoms. The molecule has 1 aliphatic heterocycles. The summed E-state index contributed by atoms with van der Waals surface area (Å²) in [6.45, 7) is 1.58. The molecule has 69 valence electrons. The van der Waals surface area contributed by atoms with Gasteiger partial charge in [0.25, 0.3) is 0 Å². The number of piperidine rings is 1. The van der Waals surface area contributed by atoms with Gasteiger partial charge in [0.1, 0.15) is 0 Å². The first-order chi connectivity index (χ1) is 6.38. The highest BCUT2D eigenvalue weighted by Crippen LogP contribution is 2.23. The first-order valence-corrected chi connectivity index (χ1v) is 4.74. The van der Waals surface area contributed by atoms with Gasteiger partial charge in [0.15, 0.2) is 0 Å². The second-order valence-corrected chi connectivity index (χ2v) is 3.50. The third kappa shape index (κ3) is 1.90. The molecule has 13 heavy (non-hydrogen) atoms. The van der Waals surface area contributed by atoms with Crippen LogP contribution in [-0.4, -0.2) is 24.3 Å². The van der Waals surface area contributed by atoms with Crippen molar-refractivity contribution in [3.63, 3.8) is 0 Å². The van der Waals surface area contributed by atoms with Crippen LogP contribution in [0, 0.1) is 0 Å². The largest absolute Gasteiger partial charge is 0.392 e. The van der Waals surface area contributed by atoms with Crippen molar-refractivity contribution in [2.75, 3.05) is 13.1 Å². The van der Waals surface area contributed by atoms with E-state index in [-0.39, 0.29) is 12.0 Å². The molecule has 0 saturated carbocycles. The summed E-state index contributed by atoms with van der Waals surface area (Å²) < 4.78 is 0. The zero-order valence-electron chi connectivity index (χ0n) is 7.56. The van der Waals surface area contributed by atoms with E-state index in [1.165, 1.54) is 5.56 Å². The predicted octanol–water partition coefficient (Wildman–Crippen LogP) is 1.14. The van der Waals surface area contributed by atoms with Gasteiger partial charge in [-0.25, -0.2) is 5.32 Å². The quantitative estimate of drug-likeness (QED) is 0.684. The van der Waals surface area contributed by atoms with E-state index in [2.05, 4.69) is 17.4 Å². The standard InChI is InChI=1S/C11H14NO/c13-11-6-7-12-8-10(11)9-4-2-1-3-5-9/h1-5,10-11,13H,6-8H2. The SMILES string of the molecule is OC1CC[N]CC1c1ccccc1. The van der Waals surface area contributed by atoms with Crippen LogP contribution in [0.25, 0.3) is 0 Å². The van der Waals surface area contributed by atoms with Crippen molar-refractivity contribution < 1.29 is 5.11 Å². The molecule has 1 aromatic carbocycles. The molecule has 0 aliphatic carbocycles. The lowest BCUT2D eigenvalue weighted by atomic mass is 9.89. The molecule has 1 N–H and O–H groups in total. The summed E-state index contributed by atoms with van der Waals surface area (Å²) >= 11 is 0. The Morgan fingerprint density at radius 3 is 2.69 bits per heavy atom. The van der Waals surface area contributed by atoms with Gasteiger partial charge in [-0.15, -0.1) is 0 Å². The molecule has 0 bridgehead atoms. The maximum Gasteiger partial charge on any atom is 0.0634 e. The number of rotatable bonds is 1. The molecule has 1 aliphatic rings. The van der Waals surface area contributed by atoms with Crippen LogP contribution in [0.4, 0.5) is 0 Å². The zero-order chi connectivity index (χ0) is 9.10. The van der Waals surface area contributed by atoms with E-state index < -0.39 is 0 Å². The van der Waals surface area contributed by atoms with E-state index in [0.717, 1.165) is 19.5 Å². The summed E-state index contributed by atoms with van der Waals surface area (Å²) in [5, 5.41) is 14.1. The van der Waals surface area contributed by atoms with Crippen LogP contribution in [0.15, 0.2) is 30.3 Å². The average Bonchev–Trinajstić information content (AvgIpc) is 2.20. The average molecular weight is 176 g/mol. The summed E-state index contributed by atoms with van der Waals surface area (Å²) in [7, 11) is 0. The fourth-order valence-corrected chi connectivity index (χ4v) is 1.80. The van der Waals surface area contributed by atoms with Gasteiger partial charge in [-0.2, -0.15) is 0 Å². The molecule has 2 unspecified atom stereocenters. The number of benzene rings is 1. The van der Waals surface area contributed by atoms with E-state index in [4.69, 9.17) is 0 Å². The highest BCUT2D eigenvalue weighted by atomic mass is 16.3. The molecule has 2 nitrogen and oxygen atoms in total. The third-order valence-corrected chi connectivity index (χ3v) is 2.60. The van der Waals surface area contributed by atoms with Gasteiger partial charge in [0.05, 0.1) is 6.10 Å². The highest BCUT2D eigenvalue weighted by Gasteiger charge is 2.24. The lowest BCUT2D eigenvalue weighted by molar-refractivity contribution is 0.113. The van der Waals surface area contributed by atoms with E-state index in [0.29, 0.717) is 0 Å². The third-order valence-electron chi connectivity index (χ3n) is 2.60. The normalized spacial score (nSPS) is 28.7. The van der Waals surface area contributed by atoms with Gasteiger partial charge in [-0.1, -0.05) is 30.3 Å². The van der Waals surface area contributed by atoms with Gasteiger partial charge >= 0.3 is 0 Å². The minimum Gasteiger partial charge on any atom is -0.392 e. The first-order valence-electron chi connectivity index (χ1n) is 4.74. The molecule has 0 amide bonds. The molecule has 1 radical (unpaired) electrons. The summed E-state index contributed by atoms with van der Waals surface area (Å²) in [4.78, 5) is 0. The van der Waals surface area contributed by atoms with Gasteiger partial charge < -0.3 is 5.11 Å². The monoisotopic (exact) mass is 176 g/mol. The van der Waals surface area contributed by atoms with E-state index in [1.54, 1.807) is 0 Å². The Morgan fingerprint density at radius 2 is 2.00 bits per heavy atom. The van der Waals surface area contributed by atoms with Crippen molar-refractivity contribution in [2.45, 2.75) is 18.4 Å². The van der Waals surface area contributed by atoms with Gasteiger partial charge in [0.2, 0.25) is 0 Å². The molecular weight excluding hydrogens is 162 g/mol. The summed E-state index contributed by atoms with van der Waals surface area (Å²) in [5.74, 6) is 0.218. The number of hydrogen-bond acceptors (Lipinski definition) is 1. The molecule has 2 atom stereocenters. The number of nitrogens with zero attached hydrogens (tertiary/aromatic N) is 1. The van der Waals surface area contributed by atoms with Crippen molar-refractivity contribution in [3.8, 4) is 0 Å². The van der Waals surface area contributed by atoms with Crippen LogP contribution in [0.2, 0.25) is 0 Å². The summed E-state index contributed by atoms with van der Waals surface area (Å²) in [6.07, 6.45) is 0.597. The molecule has 0 aromatic heterocycles. The molecule has 0 spiro atoms. The number of hydrogen-bond donors (Lipinski definition) is 1. The van der Waals surface area contributed by atoms with Crippen LogP contribution in [0.5, 0.6) is 0 Å². The molecule has 1 aromatic rings. The maximum absolute atomic E-state index is 9.76. The fraction of sp³-hybridized carbons (Fsp3) is 0.455. The molecule has 1 fully saturated rings. The molecule has 1 saturated heterocycles. The topological polar surface area (TPSA) is 34.3 Å². The van der Waals surface area contributed by atoms with Crippen molar-refractivity contribution in [1.82, 2.24) is 5.32 Å². The Morgan fingerprint density at radius 1 is 1.23 bits per heavy atom. The van der Waals surface area contributed by atoms with Crippen molar-refractivity contribution >= 4 is 0 Å². The minimum absolute atomic E-state index is 0.208. The van der Waals surface area contributed by atoms with Crippen molar-refractivity contribution in [2.24, 2.45) is 0 Å². The number of aliphatic hydroxyl groups excluding tert-OH is 1. The number of aliphatic hydroxyl groups is 1. The van der Waals surface area contributed by atoms with E-state index in [9.17, 15) is 5.11 Å². The molecular formula is C11H14NO. The second-order valence-electron chi connectivity index (χ2n) is 3.50.